The first kappa shape index (κ1) is 14.8. The highest BCUT2D eigenvalue weighted by Gasteiger charge is 2.16. The van der Waals surface area contributed by atoms with Crippen LogP contribution < -0.4 is 10.4 Å². The second kappa shape index (κ2) is 5.61. The number of fused-ring (bicyclic) bond motifs is 1. The van der Waals surface area contributed by atoms with Crippen LogP contribution in [-0.4, -0.2) is 16.9 Å². The van der Waals surface area contributed by atoms with Crippen molar-refractivity contribution in [2.45, 2.75) is 20.4 Å². The number of methoxy groups -OCH3 is 1. The Bertz CT molecular complexity index is 912. The molecule has 0 aliphatic carbocycles. The molecule has 0 saturated carbocycles. The summed E-state index contributed by atoms with van der Waals surface area (Å²) in [6.07, 6.45) is 0. The van der Waals surface area contributed by atoms with Crippen molar-refractivity contribution in [1.29, 1.82) is 0 Å². The van der Waals surface area contributed by atoms with Crippen molar-refractivity contribution >= 4 is 27.0 Å². The Labute approximate surface area is 135 Å². The molecule has 0 radical (unpaired) electrons. The third kappa shape index (κ3) is 2.43. The molecule has 3 rings (SSSR count). The van der Waals surface area contributed by atoms with Crippen LogP contribution in [0.2, 0.25) is 0 Å². The molecule has 5 nitrogen and oxygen atoms in total. The zero-order valence-corrected chi connectivity index (χ0v) is 14.1. The van der Waals surface area contributed by atoms with E-state index in [9.17, 15) is 4.79 Å². The van der Waals surface area contributed by atoms with E-state index in [2.05, 4.69) is 21.0 Å². The van der Waals surface area contributed by atoms with Gasteiger partial charge in [-0.05, 0) is 53.0 Å². The highest BCUT2D eigenvalue weighted by Crippen LogP contribution is 2.26. The van der Waals surface area contributed by atoms with Gasteiger partial charge >= 0.3 is 5.63 Å². The molecule has 6 heteroatoms. The molecule has 0 aliphatic heterocycles. The lowest BCUT2D eigenvalue weighted by atomic mass is 10.2. The number of benzene rings is 1. The predicted octanol–water partition coefficient (Wildman–Crippen LogP) is 3.43. The van der Waals surface area contributed by atoms with Crippen LogP contribution >= 0.6 is 15.9 Å². The third-order valence-electron chi connectivity index (χ3n) is 3.71. The van der Waals surface area contributed by atoms with E-state index in [1.165, 1.54) is 0 Å². The van der Waals surface area contributed by atoms with E-state index in [0.717, 1.165) is 28.0 Å². The van der Waals surface area contributed by atoms with E-state index in [0.29, 0.717) is 16.7 Å². The fourth-order valence-electron chi connectivity index (χ4n) is 2.51. The maximum absolute atomic E-state index is 11.7. The Kier molecular flexibility index (Phi) is 3.78. The summed E-state index contributed by atoms with van der Waals surface area (Å²) in [7, 11) is 1.64. The van der Waals surface area contributed by atoms with E-state index in [-0.39, 0.29) is 0 Å². The van der Waals surface area contributed by atoms with Gasteiger partial charge in [-0.25, -0.2) is 4.79 Å². The summed E-state index contributed by atoms with van der Waals surface area (Å²) in [5, 5.41) is 5.28. The summed E-state index contributed by atoms with van der Waals surface area (Å²) in [5.74, 6) is 0.803. The lowest BCUT2D eigenvalue weighted by Crippen LogP contribution is -2.03. The molecular weight excluding hydrogens is 348 g/mol. The average molecular weight is 363 g/mol. The van der Waals surface area contributed by atoms with Gasteiger partial charge in [-0.1, -0.05) is 12.1 Å². The zero-order chi connectivity index (χ0) is 15.9. The van der Waals surface area contributed by atoms with Crippen LogP contribution in [0.5, 0.6) is 5.75 Å². The topological polar surface area (TPSA) is 57.3 Å². The summed E-state index contributed by atoms with van der Waals surface area (Å²) in [4.78, 5) is 11.7. The Morgan fingerprint density at radius 3 is 2.86 bits per heavy atom. The fraction of sp³-hybridized carbons (Fsp3) is 0.250. The highest BCUT2D eigenvalue weighted by molar-refractivity contribution is 9.10. The molecule has 0 unspecified atom stereocenters. The quantitative estimate of drug-likeness (QED) is 0.716. The van der Waals surface area contributed by atoms with Gasteiger partial charge in [0.2, 0.25) is 5.71 Å². The largest absolute Gasteiger partial charge is 0.497 e. The monoisotopic (exact) mass is 362 g/mol. The molecule has 0 fully saturated rings. The molecule has 22 heavy (non-hydrogen) atoms. The molecule has 0 N–H and O–H groups in total. The Morgan fingerprint density at radius 2 is 2.14 bits per heavy atom. The van der Waals surface area contributed by atoms with Gasteiger partial charge < -0.3 is 9.15 Å². The van der Waals surface area contributed by atoms with E-state index in [4.69, 9.17) is 9.15 Å². The van der Waals surface area contributed by atoms with Crippen molar-refractivity contribution < 1.29 is 9.15 Å². The van der Waals surface area contributed by atoms with Gasteiger partial charge in [-0.15, -0.1) is 5.10 Å². The van der Waals surface area contributed by atoms with Gasteiger partial charge in [-0.3, -0.25) is 4.68 Å². The zero-order valence-electron chi connectivity index (χ0n) is 12.5. The molecule has 1 aromatic carbocycles. The predicted molar refractivity (Wildman–Crippen MR) is 87.5 cm³/mol. The third-order valence-corrected chi connectivity index (χ3v) is 4.63. The number of rotatable bonds is 3. The van der Waals surface area contributed by atoms with Crippen LogP contribution in [0.1, 0.15) is 16.8 Å². The van der Waals surface area contributed by atoms with Crippen molar-refractivity contribution in [2.24, 2.45) is 0 Å². The number of aromatic nitrogens is 2. The van der Waals surface area contributed by atoms with Gasteiger partial charge in [0.05, 0.1) is 19.0 Å². The molecule has 2 heterocycles. The van der Waals surface area contributed by atoms with Crippen LogP contribution in [0.25, 0.3) is 11.1 Å². The van der Waals surface area contributed by atoms with Crippen molar-refractivity contribution in [3.63, 3.8) is 0 Å². The lowest BCUT2D eigenvalue weighted by Gasteiger charge is -2.06. The standard InChI is InChI=1S/C16H15BrN2O3/c1-9-13-10(2)19(18-15(13)22-16(20)14(9)17)8-11-5-4-6-12(7-11)21-3/h4-7H,8H2,1-3H3. The number of aryl methyl sites for hydroxylation is 2. The lowest BCUT2D eigenvalue weighted by molar-refractivity contribution is 0.414. The molecular formula is C16H15BrN2O3. The van der Waals surface area contributed by atoms with Crippen LogP contribution in [0, 0.1) is 13.8 Å². The Balaban J connectivity index is 2.10. The van der Waals surface area contributed by atoms with Crippen molar-refractivity contribution in [3.8, 4) is 5.75 Å². The maximum Gasteiger partial charge on any atom is 0.352 e. The minimum absolute atomic E-state index is 0.367. The van der Waals surface area contributed by atoms with Gasteiger partial charge in [0.1, 0.15) is 10.2 Å². The van der Waals surface area contributed by atoms with Gasteiger partial charge in [0.25, 0.3) is 0 Å². The van der Waals surface area contributed by atoms with Crippen LogP contribution in [0.4, 0.5) is 0 Å². The molecule has 2 aromatic heterocycles. The molecule has 0 atom stereocenters. The molecule has 0 amide bonds. The summed E-state index contributed by atoms with van der Waals surface area (Å²) < 4.78 is 12.8. The summed E-state index contributed by atoms with van der Waals surface area (Å²) >= 11 is 3.27. The van der Waals surface area contributed by atoms with Crippen LogP contribution in [0.3, 0.4) is 0 Å². The minimum atomic E-state index is -0.406. The summed E-state index contributed by atoms with van der Waals surface area (Å²) in [6, 6.07) is 7.81. The number of hydrogen-bond acceptors (Lipinski definition) is 4. The van der Waals surface area contributed by atoms with E-state index in [1.807, 2.05) is 42.8 Å². The Hall–Kier alpha value is -2.08. The van der Waals surface area contributed by atoms with Crippen molar-refractivity contribution in [2.75, 3.05) is 7.11 Å². The molecule has 0 bridgehead atoms. The van der Waals surface area contributed by atoms with Crippen molar-refractivity contribution in [3.05, 3.63) is 56.0 Å². The second-order valence-corrected chi connectivity index (χ2v) is 5.90. The van der Waals surface area contributed by atoms with E-state index in [1.54, 1.807) is 7.11 Å². The molecule has 0 saturated heterocycles. The van der Waals surface area contributed by atoms with Crippen molar-refractivity contribution in [1.82, 2.24) is 9.78 Å². The fourth-order valence-corrected chi connectivity index (χ4v) is 2.79. The molecule has 0 aliphatic rings. The molecule has 3 aromatic rings. The van der Waals surface area contributed by atoms with Gasteiger partial charge in [0.15, 0.2) is 0 Å². The number of ether oxygens (including phenoxy) is 1. The van der Waals surface area contributed by atoms with Crippen LogP contribution in [0.15, 0.2) is 37.9 Å². The maximum atomic E-state index is 11.7. The molecule has 0 spiro atoms. The second-order valence-electron chi connectivity index (χ2n) is 5.10. The number of hydrogen-bond donors (Lipinski definition) is 0. The number of nitrogens with zero attached hydrogens (tertiary/aromatic N) is 2. The first-order valence-corrected chi connectivity index (χ1v) is 7.60. The first-order valence-electron chi connectivity index (χ1n) is 6.80. The van der Waals surface area contributed by atoms with Crippen LogP contribution in [-0.2, 0) is 6.54 Å². The Morgan fingerprint density at radius 1 is 1.36 bits per heavy atom. The van der Waals surface area contributed by atoms with E-state index >= 15 is 0 Å². The molecule has 114 valence electrons. The normalized spacial score (nSPS) is 11.1. The summed E-state index contributed by atoms with van der Waals surface area (Å²) in [6.45, 7) is 4.43. The summed E-state index contributed by atoms with van der Waals surface area (Å²) in [5.41, 5.74) is 2.83. The smallest absolute Gasteiger partial charge is 0.352 e. The van der Waals surface area contributed by atoms with Gasteiger partial charge in [-0.2, -0.15) is 0 Å². The van der Waals surface area contributed by atoms with Gasteiger partial charge in [0, 0.05) is 5.69 Å². The first-order chi connectivity index (χ1) is 10.5. The average Bonchev–Trinajstić information content (AvgIpc) is 2.81. The SMILES string of the molecule is COc1cccc(Cn2nc3oc(=O)c(Br)c(C)c3c2C)c1. The van der Waals surface area contributed by atoms with E-state index < -0.39 is 5.63 Å². The highest BCUT2D eigenvalue weighted by atomic mass is 79.9. The number of halogens is 1. The minimum Gasteiger partial charge on any atom is -0.497 e.